The van der Waals surface area contributed by atoms with Crippen molar-refractivity contribution >= 4 is 5.97 Å². The Kier molecular flexibility index (Phi) is 3.50. The van der Waals surface area contributed by atoms with Gasteiger partial charge in [-0.15, -0.1) is 10.2 Å². The number of hydrogen-bond acceptors (Lipinski definition) is 6. The van der Waals surface area contributed by atoms with Crippen LogP contribution in [0.5, 0.6) is 0 Å². The van der Waals surface area contributed by atoms with Crippen LogP contribution in [0.4, 0.5) is 0 Å². The zero-order valence-electron chi connectivity index (χ0n) is 12.0. The van der Waals surface area contributed by atoms with Gasteiger partial charge in [0.15, 0.2) is 0 Å². The second kappa shape index (κ2) is 5.33. The number of carbonyl (C=O) groups is 1. The number of likely N-dealkylation sites (tertiary alicyclic amines) is 1. The van der Waals surface area contributed by atoms with E-state index in [0.29, 0.717) is 31.3 Å². The Hall–Kier alpha value is -2.15. The molecule has 0 radical (unpaired) electrons. The summed E-state index contributed by atoms with van der Waals surface area (Å²) < 4.78 is 11.1. The molecule has 1 aliphatic heterocycles. The van der Waals surface area contributed by atoms with Crippen LogP contribution >= 0.6 is 0 Å². The van der Waals surface area contributed by atoms with Crippen LogP contribution < -0.4 is 0 Å². The molecule has 1 fully saturated rings. The average Bonchev–Trinajstić information content (AvgIpc) is 3.10. The first-order chi connectivity index (χ1) is 10.0. The molecule has 0 spiro atoms. The fraction of sp³-hybridized carbons (Fsp3) is 0.500. The van der Waals surface area contributed by atoms with Gasteiger partial charge in [0.25, 0.3) is 5.89 Å². The third kappa shape index (κ3) is 2.82. The van der Waals surface area contributed by atoms with E-state index < -0.39 is 5.97 Å². The molecule has 3 rings (SSSR count). The minimum atomic E-state index is -0.742. The minimum Gasteiger partial charge on any atom is -0.481 e. The number of rotatable bonds is 4. The van der Waals surface area contributed by atoms with Crippen molar-refractivity contribution in [2.24, 2.45) is 5.92 Å². The Bertz CT molecular complexity index is 661. The van der Waals surface area contributed by atoms with Crippen LogP contribution in [0, 0.1) is 19.8 Å². The maximum atomic E-state index is 10.9. The van der Waals surface area contributed by atoms with Gasteiger partial charge < -0.3 is 13.9 Å². The normalized spacial score (nSPS) is 19.2. The molecule has 0 aromatic carbocycles. The topological polar surface area (TPSA) is 92.6 Å². The second-order valence-corrected chi connectivity index (χ2v) is 5.39. The molecular formula is C14H17N3O4. The Morgan fingerprint density at radius 3 is 2.86 bits per heavy atom. The monoisotopic (exact) mass is 291 g/mol. The fourth-order valence-corrected chi connectivity index (χ4v) is 2.64. The van der Waals surface area contributed by atoms with Gasteiger partial charge in [0.1, 0.15) is 11.5 Å². The van der Waals surface area contributed by atoms with Gasteiger partial charge in [0, 0.05) is 6.54 Å². The lowest BCUT2D eigenvalue weighted by Gasteiger charge is -2.11. The number of aromatic nitrogens is 2. The number of nitrogens with zero attached hydrogens (tertiary/aromatic N) is 3. The lowest BCUT2D eigenvalue weighted by atomic mass is 10.1. The van der Waals surface area contributed by atoms with Crippen molar-refractivity contribution in [3.05, 3.63) is 23.5 Å². The molecule has 21 heavy (non-hydrogen) atoms. The van der Waals surface area contributed by atoms with Crippen molar-refractivity contribution in [3.63, 3.8) is 0 Å². The van der Waals surface area contributed by atoms with E-state index in [-0.39, 0.29) is 5.92 Å². The van der Waals surface area contributed by atoms with Crippen LogP contribution in [0.3, 0.4) is 0 Å². The Morgan fingerprint density at radius 1 is 1.43 bits per heavy atom. The predicted molar refractivity (Wildman–Crippen MR) is 72.5 cm³/mol. The van der Waals surface area contributed by atoms with Crippen LogP contribution in [0.25, 0.3) is 11.5 Å². The third-order valence-corrected chi connectivity index (χ3v) is 3.72. The van der Waals surface area contributed by atoms with Gasteiger partial charge >= 0.3 is 5.97 Å². The van der Waals surface area contributed by atoms with E-state index in [1.54, 1.807) is 0 Å². The van der Waals surface area contributed by atoms with Crippen LogP contribution in [0.2, 0.25) is 0 Å². The van der Waals surface area contributed by atoms with Gasteiger partial charge in [-0.25, -0.2) is 0 Å². The van der Waals surface area contributed by atoms with Gasteiger partial charge in [-0.2, -0.15) is 0 Å². The predicted octanol–water partition coefficient (Wildman–Crippen LogP) is 1.85. The number of aryl methyl sites for hydroxylation is 2. The number of hydrogen-bond donors (Lipinski definition) is 1. The SMILES string of the molecule is Cc1cc(-c2nnc(CN3CCC(C(=O)O)C3)o2)c(C)o1. The summed E-state index contributed by atoms with van der Waals surface area (Å²) in [5, 5.41) is 17.1. The Morgan fingerprint density at radius 2 is 2.24 bits per heavy atom. The lowest BCUT2D eigenvalue weighted by molar-refractivity contribution is -0.141. The van der Waals surface area contributed by atoms with Crippen LogP contribution in [0.15, 0.2) is 14.9 Å². The third-order valence-electron chi connectivity index (χ3n) is 3.72. The molecule has 0 amide bonds. The van der Waals surface area contributed by atoms with Crippen LogP contribution in [0.1, 0.15) is 23.8 Å². The number of carboxylic acids is 1. The highest BCUT2D eigenvalue weighted by atomic mass is 16.4. The molecule has 2 aromatic rings. The van der Waals surface area contributed by atoms with E-state index >= 15 is 0 Å². The maximum Gasteiger partial charge on any atom is 0.307 e. The average molecular weight is 291 g/mol. The molecule has 0 aliphatic carbocycles. The van der Waals surface area contributed by atoms with Crippen LogP contribution in [-0.4, -0.2) is 39.3 Å². The summed E-state index contributed by atoms with van der Waals surface area (Å²) in [6, 6.07) is 1.86. The Labute approximate surface area is 121 Å². The summed E-state index contributed by atoms with van der Waals surface area (Å²) in [4.78, 5) is 13.0. The first-order valence-corrected chi connectivity index (χ1v) is 6.88. The summed E-state index contributed by atoms with van der Waals surface area (Å²) in [5.74, 6) is 1.43. The molecule has 1 N–H and O–H groups in total. The molecule has 0 bridgehead atoms. The summed E-state index contributed by atoms with van der Waals surface area (Å²) in [6.45, 7) is 5.45. The molecule has 3 heterocycles. The van der Waals surface area contributed by atoms with E-state index in [4.69, 9.17) is 13.9 Å². The molecular weight excluding hydrogens is 274 g/mol. The molecule has 7 nitrogen and oxygen atoms in total. The van der Waals surface area contributed by atoms with E-state index in [9.17, 15) is 4.79 Å². The van der Waals surface area contributed by atoms with Crippen molar-refractivity contribution in [1.82, 2.24) is 15.1 Å². The number of carboxylic acid groups (broad SMARTS) is 1. The van der Waals surface area contributed by atoms with Gasteiger partial charge in [-0.05, 0) is 32.9 Å². The van der Waals surface area contributed by atoms with Gasteiger partial charge in [-0.1, -0.05) is 0 Å². The van der Waals surface area contributed by atoms with Crippen LogP contribution in [-0.2, 0) is 11.3 Å². The van der Waals surface area contributed by atoms with E-state index in [1.807, 2.05) is 24.8 Å². The van der Waals surface area contributed by atoms with E-state index in [2.05, 4.69) is 10.2 Å². The summed E-state index contributed by atoms with van der Waals surface area (Å²) in [5.41, 5.74) is 0.802. The summed E-state index contributed by atoms with van der Waals surface area (Å²) in [7, 11) is 0. The summed E-state index contributed by atoms with van der Waals surface area (Å²) >= 11 is 0. The fourth-order valence-electron chi connectivity index (χ4n) is 2.64. The van der Waals surface area contributed by atoms with Crippen molar-refractivity contribution in [2.75, 3.05) is 13.1 Å². The largest absolute Gasteiger partial charge is 0.481 e. The first-order valence-electron chi connectivity index (χ1n) is 6.88. The zero-order valence-corrected chi connectivity index (χ0v) is 12.0. The van der Waals surface area contributed by atoms with Crippen molar-refractivity contribution in [1.29, 1.82) is 0 Å². The first kappa shape index (κ1) is 13.8. The highest BCUT2D eigenvalue weighted by molar-refractivity contribution is 5.70. The standard InChI is InChI=1S/C14H17N3O4/c1-8-5-11(9(2)20-8)13-16-15-12(21-13)7-17-4-3-10(6-17)14(18)19/h5,10H,3-4,6-7H2,1-2H3,(H,18,19). The molecule has 7 heteroatoms. The highest BCUT2D eigenvalue weighted by Crippen LogP contribution is 2.26. The molecule has 112 valence electrons. The summed E-state index contributed by atoms with van der Waals surface area (Å²) in [6.07, 6.45) is 0.663. The molecule has 1 unspecified atom stereocenters. The molecule has 1 saturated heterocycles. The maximum absolute atomic E-state index is 10.9. The van der Waals surface area contributed by atoms with E-state index in [0.717, 1.165) is 23.6 Å². The smallest absolute Gasteiger partial charge is 0.307 e. The Balaban J connectivity index is 1.69. The van der Waals surface area contributed by atoms with Crippen molar-refractivity contribution < 1.29 is 18.7 Å². The van der Waals surface area contributed by atoms with E-state index in [1.165, 1.54) is 0 Å². The van der Waals surface area contributed by atoms with Crippen molar-refractivity contribution in [2.45, 2.75) is 26.8 Å². The van der Waals surface area contributed by atoms with Crippen molar-refractivity contribution in [3.8, 4) is 11.5 Å². The molecule has 0 saturated carbocycles. The molecule has 1 atom stereocenters. The van der Waals surface area contributed by atoms with Gasteiger partial charge in [-0.3, -0.25) is 9.69 Å². The number of aliphatic carboxylic acids is 1. The highest BCUT2D eigenvalue weighted by Gasteiger charge is 2.29. The zero-order chi connectivity index (χ0) is 15.0. The molecule has 2 aromatic heterocycles. The minimum absolute atomic E-state index is 0.300. The number of furan rings is 1. The van der Waals surface area contributed by atoms with Gasteiger partial charge in [0.05, 0.1) is 18.0 Å². The molecule has 1 aliphatic rings. The van der Waals surface area contributed by atoms with Gasteiger partial charge in [0.2, 0.25) is 5.89 Å². The second-order valence-electron chi connectivity index (χ2n) is 5.39. The quantitative estimate of drug-likeness (QED) is 0.918. The lowest BCUT2D eigenvalue weighted by Crippen LogP contribution is -2.22.